The molecule has 0 bridgehead atoms. The predicted molar refractivity (Wildman–Crippen MR) is 97.9 cm³/mol. The van der Waals surface area contributed by atoms with Crippen LogP contribution < -0.4 is 0 Å². The maximum absolute atomic E-state index is 12.4. The largest absolute Gasteiger partial charge is 0.456 e. The highest BCUT2D eigenvalue weighted by Crippen LogP contribution is 2.25. The summed E-state index contributed by atoms with van der Waals surface area (Å²) in [6.07, 6.45) is 0. The summed E-state index contributed by atoms with van der Waals surface area (Å²) in [5, 5.41) is 0.268. The van der Waals surface area contributed by atoms with E-state index >= 15 is 0 Å². The van der Waals surface area contributed by atoms with Gasteiger partial charge in [-0.1, -0.05) is 29.8 Å². The highest BCUT2D eigenvalue weighted by molar-refractivity contribution is 6.34. The molecule has 1 aliphatic heterocycles. The quantitative estimate of drug-likeness (QED) is 0.449. The fraction of sp³-hybridized carbons (Fsp3) is 0.200. The van der Waals surface area contributed by atoms with Crippen LogP contribution in [0.2, 0.25) is 5.02 Å². The molecule has 1 aliphatic rings. The van der Waals surface area contributed by atoms with Gasteiger partial charge in [0.25, 0.3) is 11.8 Å². The Balaban J connectivity index is 1.67. The van der Waals surface area contributed by atoms with Crippen LogP contribution in [0.4, 0.5) is 0 Å². The Kier molecular flexibility index (Phi) is 5.10. The van der Waals surface area contributed by atoms with Crippen molar-refractivity contribution in [2.45, 2.75) is 19.9 Å². The maximum Gasteiger partial charge on any atom is 0.329 e. The minimum Gasteiger partial charge on any atom is -0.456 e. The van der Waals surface area contributed by atoms with Gasteiger partial charge in [-0.25, -0.2) is 4.79 Å². The number of hydrogen-bond acceptors (Lipinski definition) is 5. The predicted octanol–water partition coefficient (Wildman–Crippen LogP) is 3.06. The van der Waals surface area contributed by atoms with Gasteiger partial charge in [-0.2, -0.15) is 0 Å². The van der Waals surface area contributed by atoms with Gasteiger partial charge in [-0.05, 0) is 43.7 Å². The van der Waals surface area contributed by atoms with Gasteiger partial charge < -0.3 is 4.74 Å². The average Bonchev–Trinajstić information content (AvgIpc) is 2.90. The number of rotatable bonds is 5. The second-order valence-corrected chi connectivity index (χ2v) is 6.62. The summed E-state index contributed by atoms with van der Waals surface area (Å²) < 4.78 is 5.02. The molecule has 0 radical (unpaired) electrons. The molecule has 0 saturated carbocycles. The van der Waals surface area contributed by atoms with E-state index in [1.165, 1.54) is 19.1 Å². The van der Waals surface area contributed by atoms with Crippen molar-refractivity contribution in [2.75, 3.05) is 6.61 Å². The lowest BCUT2D eigenvalue weighted by molar-refractivity contribution is -0.146. The van der Waals surface area contributed by atoms with Crippen molar-refractivity contribution in [1.82, 2.24) is 4.90 Å². The fourth-order valence-corrected chi connectivity index (χ4v) is 3.19. The molecule has 3 rings (SSSR count). The molecule has 2 amide bonds. The topological polar surface area (TPSA) is 80.8 Å². The van der Waals surface area contributed by atoms with Crippen molar-refractivity contribution < 1.29 is 23.9 Å². The van der Waals surface area contributed by atoms with E-state index < -0.39 is 36.2 Å². The number of hydrogen-bond donors (Lipinski definition) is 0. The van der Waals surface area contributed by atoms with E-state index in [-0.39, 0.29) is 21.7 Å². The van der Waals surface area contributed by atoms with Crippen LogP contribution in [0.25, 0.3) is 0 Å². The van der Waals surface area contributed by atoms with Gasteiger partial charge in [0.05, 0.1) is 16.1 Å². The second-order valence-electron chi connectivity index (χ2n) is 6.22. The fourth-order valence-electron chi connectivity index (χ4n) is 2.85. The number of Topliss-reactive ketones (excluding diaryl/α,β-unsaturated/α-hetero) is 1. The molecule has 0 spiro atoms. The van der Waals surface area contributed by atoms with Crippen molar-refractivity contribution in [2.24, 2.45) is 0 Å². The van der Waals surface area contributed by atoms with E-state index in [4.69, 9.17) is 16.3 Å². The molecule has 1 atom stereocenters. The lowest BCUT2D eigenvalue weighted by atomic mass is 10.1. The molecule has 2 aromatic rings. The molecule has 0 aromatic heterocycles. The number of imide groups is 1. The van der Waals surface area contributed by atoms with Crippen LogP contribution in [0.5, 0.6) is 0 Å². The zero-order valence-corrected chi connectivity index (χ0v) is 15.4. The minimum absolute atomic E-state index is 0.239. The summed E-state index contributed by atoms with van der Waals surface area (Å²) in [4.78, 5) is 50.2. The second kappa shape index (κ2) is 7.32. The van der Waals surface area contributed by atoms with Crippen molar-refractivity contribution >= 4 is 35.2 Å². The molecule has 1 heterocycles. The minimum atomic E-state index is -1.15. The highest BCUT2D eigenvalue weighted by Gasteiger charge is 2.41. The Morgan fingerprint density at radius 1 is 1.07 bits per heavy atom. The number of fused-ring (bicyclic) bond motifs is 1. The van der Waals surface area contributed by atoms with E-state index in [1.54, 1.807) is 30.3 Å². The molecule has 0 fully saturated rings. The zero-order chi connectivity index (χ0) is 19.7. The van der Waals surface area contributed by atoms with Gasteiger partial charge >= 0.3 is 5.97 Å². The number of amides is 2. The van der Waals surface area contributed by atoms with E-state index in [1.807, 2.05) is 6.92 Å². The monoisotopic (exact) mass is 385 g/mol. The third-order valence-corrected chi connectivity index (χ3v) is 4.64. The summed E-state index contributed by atoms with van der Waals surface area (Å²) in [5.41, 5.74) is 1.62. The molecule has 6 nitrogen and oxygen atoms in total. The molecule has 2 aromatic carbocycles. The Morgan fingerprint density at radius 2 is 1.67 bits per heavy atom. The molecule has 0 saturated heterocycles. The van der Waals surface area contributed by atoms with Crippen LogP contribution in [-0.2, 0) is 9.53 Å². The molecule has 7 heteroatoms. The van der Waals surface area contributed by atoms with E-state index in [9.17, 15) is 19.2 Å². The summed E-state index contributed by atoms with van der Waals surface area (Å²) in [7, 11) is 0. The molecule has 138 valence electrons. The zero-order valence-electron chi connectivity index (χ0n) is 14.7. The van der Waals surface area contributed by atoms with Gasteiger partial charge in [-0.3, -0.25) is 19.3 Å². The van der Waals surface area contributed by atoms with Crippen molar-refractivity contribution in [3.8, 4) is 0 Å². The molecule has 0 aliphatic carbocycles. The summed E-state index contributed by atoms with van der Waals surface area (Å²) in [6, 6.07) is 10.1. The number of ether oxygens (including phenoxy) is 1. The Morgan fingerprint density at radius 3 is 2.22 bits per heavy atom. The first-order chi connectivity index (χ1) is 12.8. The van der Waals surface area contributed by atoms with Crippen LogP contribution in [0.15, 0.2) is 42.5 Å². The van der Waals surface area contributed by atoms with E-state index in [0.29, 0.717) is 0 Å². The van der Waals surface area contributed by atoms with Gasteiger partial charge in [0.15, 0.2) is 6.61 Å². The van der Waals surface area contributed by atoms with Gasteiger partial charge in [0.2, 0.25) is 5.78 Å². The molecule has 0 N–H and O–H groups in total. The first kappa shape index (κ1) is 18.8. The first-order valence-electron chi connectivity index (χ1n) is 8.24. The smallest absolute Gasteiger partial charge is 0.329 e. The summed E-state index contributed by atoms with van der Waals surface area (Å²) in [6.45, 7) is 2.69. The van der Waals surface area contributed by atoms with Crippen LogP contribution in [0, 0.1) is 6.92 Å². The van der Waals surface area contributed by atoms with Crippen LogP contribution in [0.3, 0.4) is 0 Å². The lowest BCUT2D eigenvalue weighted by Crippen LogP contribution is -2.44. The third-order valence-electron chi connectivity index (χ3n) is 4.32. The van der Waals surface area contributed by atoms with Gasteiger partial charge in [0, 0.05) is 5.56 Å². The number of carbonyl (C=O) groups is 4. The number of benzene rings is 2. The van der Waals surface area contributed by atoms with Gasteiger partial charge in [0.1, 0.15) is 6.04 Å². The summed E-state index contributed by atoms with van der Waals surface area (Å²) >= 11 is 6.04. The standard InChI is InChI=1S/C20H16ClNO5/c1-11-7-8-15(16(21)9-11)17(23)10-27-20(26)12(2)22-18(24)13-5-3-4-6-14(13)19(22)25/h3-9,12H,10H2,1-2H3. The van der Waals surface area contributed by atoms with Crippen LogP contribution in [0.1, 0.15) is 43.6 Å². The SMILES string of the molecule is Cc1ccc(C(=O)COC(=O)C(C)N2C(=O)c3ccccc3C2=O)c(Cl)c1. The Bertz CT molecular complexity index is 934. The number of carbonyl (C=O) groups excluding carboxylic acids is 4. The number of nitrogens with zero attached hydrogens (tertiary/aromatic N) is 1. The lowest BCUT2D eigenvalue weighted by Gasteiger charge is -2.20. The number of esters is 1. The van der Waals surface area contributed by atoms with Crippen molar-refractivity contribution in [1.29, 1.82) is 0 Å². The normalized spacial score (nSPS) is 14.1. The van der Waals surface area contributed by atoms with Gasteiger partial charge in [-0.15, -0.1) is 0 Å². The highest BCUT2D eigenvalue weighted by atomic mass is 35.5. The Hall–Kier alpha value is -2.99. The number of halogens is 1. The van der Waals surface area contributed by atoms with Crippen molar-refractivity contribution in [3.63, 3.8) is 0 Å². The Labute approximate surface area is 160 Å². The number of aryl methyl sites for hydroxylation is 1. The molecule has 1 unspecified atom stereocenters. The third kappa shape index (κ3) is 3.48. The summed E-state index contributed by atoms with van der Waals surface area (Å²) in [5.74, 6) is -2.44. The first-order valence-corrected chi connectivity index (χ1v) is 8.62. The average molecular weight is 386 g/mol. The molecular formula is C20H16ClNO5. The van der Waals surface area contributed by atoms with Crippen molar-refractivity contribution in [3.05, 3.63) is 69.7 Å². The molecule has 27 heavy (non-hydrogen) atoms. The van der Waals surface area contributed by atoms with E-state index in [0.717, 1.165) is 10.5 Å². The maximum atomic E-state index is 12.4. The number of ketones is 1. The molecular weight excluding hydrogens is 370 g/mol. The van der Waals surface area contributed by atoms with E-state index in [2.05, 4.69) is 0 Å². The van der Waals surface area contributed by atoms with Crippen LogP contribution >= 0.6 is 11.6 Å². The van der Waals surface area contributed by atoms with Crippen LogP contribution in [-0.4, -0.2) is 41.1 Å².